The van der Waals surface area contributed by atoms with Gasteiger partial charge in [0.15, 0.2) is 0 Å². The topological polar surface area (TPSA) is 54.5 Å². The van der Waals surface area contributed by atoms with Crippen LogP contribution in [-0.2, 0) is 13.0 Å². The molecule has 156 valence electrons. The normalized spacial score (nSPS) is 13.8. The van der Waals surface area contributed by atoms with Crippen molar-refractivity contribution in [1.29, 1.82) is 0 Å². The maximum Gasteiger partial charge on any atom is 0.256 e. The van der Waals surface area contributed by atoms with Crippen LogP contribution in [0.1, 0.15) is 48.3 Å². The van der Waals surface area contributed by atoms with E-state index in [9.17, 15) is 4.79 Å². The van der Waals surface area contributed by atoms with Gasteiger partial charge in [-0.15, -0.1) is 0 Å². The Hall–Kier alpha value is -2.92. The molecule has 5 nitrogen and oxygen atoms in total. The van der Waals surface area contributed by atoms with Crippen molar-refractivity contribution in [1.82, 2.24) is 9.88 Å². The number of aromatic nitrogens is 1. The molecule has 2 aromatic carbocycles. The van der Waals surface area contributed by atoms with E-state index < -0.39 is 0 Å². The van der Waals surface area contributed by atoms with Gasteiger partial charge in [0.05, 0.1) is 17.7 Å². The predicted molar refractivity (Wildman–Crippen MR) is 121 cm³/mol. The third kappa shape index (κ3) is 4.31. The molecule has 2 heterocycles. The van der Waals surface area contributed by atoms with Gasteiger partial charge in [0.2, 0.25) is 0 Å². The van der Waals surface area contributed by atoms with Crippen molar-refractivity contribution in [2.75, 3.05) is 25.0 Å². The highest BCUT2D eigenvalue weighted by Crippen LogP contribution is 2.29. The van der Waals surface area contributed by atoms with Gasteiger partial charge in [-0.05, 0) is 43.3 Å². The van der Waals surface area contributed by atoms with Crippen LogP contribution in [0.15, 0.2) is 48.5 Å². The Kier molecular flexibility index (Phi) is 6.29. The van der Waals surface area contributed by atoms with E-state index in [1.165, 1.54) is 0 Å². The minimum Gasteiger partial charge on any atom is -0.494 e. The van der Waals surface area contributed by atoms with Crippen LogP contribution in [0.3, 0.4) is 0 Å². The molecule has 0 atom stereocenters. The van der Waals surface area contributed by atoms with Gasteiger partial charge in [0, 0.05) is 41.8 Å². The number of ether oxygens (including phenoxy) is 1. The second-order valence-electron chi connectivity index (χ2n) is 7.73. The average Bonchev–Trinajstić information content (AvgIpc) is 2.78. The summed E-state index contributed by atoms with van der Waals surface area (Å²) >= 11 is 0. The first-order valence-corrected chi connectivity index (χ1v) is 10.9. The summed E-state index contributed by atoms with van der Waals surface area (Å²) in [7, 11) is 0. The van der Waals surface area contributed by atoms with Gasteiger partial charge >= 0.3 is 0 Å². The molecule has 1 aliphatic heterocycles. The largest absolute Gasteiger partial charge is 0.494 e. The van der Waals surface area contributed by atoms with E-state index >= 15 is 0 Å². The number of pyridine rings is 1. The molecular weight excluding hydrogens is 374 g/mol. The van der Waals surface area contributed by atoms with Crippen LogP contribution < -0.4 is 10.1 Å². The van der Waals surface area contributed by atoms with Gasteiger partial charge in [-0.2, -0.15) is 0 Å². The summed E-state index contributed by atoms with van der Waals surface area (Å²) in [6.45, 7) is 7.72. The second-order valence-corrected chi connectivity index (χ2v) is 7.73. The summed E-state index contributed by atoms with van der Waals surface area (Å²) in [5.41, 5.74) is 4.49. The van der Waals surface area contributed by atoms with Crippen molar-refractivity contribution < 1.29 is 9.53 Å². The number of likely N-dealkylation sites (N-methyl/N-ethyl adjacent to an activating group) is 1. The van der Waals surface area contributed by atoms with Gasteiger partial charge < -0.3 is 10.1 Å². The van der Waals surface area contributed by atoms with E-state index in [2.05, 4.69) is 24.1 Å². The highest BCUT2D eigenvalue weighted by molar-refractivity contribution is 6.13. The number of carbonyl (C=O) groups is 1. The standard InChI is InChI=1S/C25H29N3O2/c1-3-5-16-30-19-12-10-18(11-13-19)26-25(29)24-20-8-6-7-9-22(20)27-23-14-15-28(4-2)17-21(23)24/h6-13H,3-5,14-17H2,1-2H3,(H,26,29). The number of carbonyl (C=O) groups excluding carboxylic acids is 1. The van der Waals surface area contributed by atoms with Gasteiger partial charge in [-0.3, -0.25) is 14.7 Å². The van der Waals surface area contributed by atoms with E-state index in [1.54, 1.807) is 0 Å². The third-order valence-corrected chi connectivity index (χ3v) is 5.68. The molecule has 3 aromatic rings. The monoisotopic (exact) mass is 403 g/mol. The van der Waals surface area contributed by atoms with E-state index in [4.69, 9.17) is 9.72 Å². The molecule has 1 amide bonds. The summed E-state index contributed by atoms with van der Waals surface area (Å²) < 4.78 is 5.72. The zero-order valence-corrected chi connectivity index (χ0v) is 17.8. The Bertz CT molecular complexity index is 1030. The first kappa shape index (κ1) is 20.4. The number of anilines is 1. The number of nitrogens with zero attached hydrogens (tertiary/aromatic N) is 2. The van der Waals surface area contributed by atoms with E-state index in [0.717, 1.165) is 78.1 Å². The maximum absolute atomic E-state index is 13.4. The number of unbranched alkanes of at least 4 members (excludes halogenated alkanes) is 1. The Morgan fingerprint density at radius 3 is 2.70 bits per heavy atom. The van der Waals surface area contributed by atoms with E-state index in [0.29, 0.717) is 6.61 Å². The molecule has 0 spiro atoms. The molecule has 1 N–H and O–H groups in total. The van der Waals surface area contributed by atoms with Crippen molar-refractivity contribution in [3.63, 3.8) is 0 Å². The molecule has 4 rings (SSSR count). The lowest BCUT2D eigenvalue weighted by Gasteiger charge is -2.29. The number of benzene rings is 2. The fraction of sp³-hybridized carbons (Fsp3) is 0.360. The first-order chi connectivity index (χ1) is 14.7. The number of hydrogen-bond acceptors (Lipinski definition) is 4. The van der Waals surface area contributed by atoms with Crippen LogP contribution in [0.4, 0.5) is 5.69 Å². The third-order valence-electron chi connectivity index (χ3n) is 5.68. The minimum atomic E-state index is -0.0811. The fourth-order valence-electron chi connectivity index (χ4n) is 3.94. The summed E-state index contributed by atoms with van der Waals surface area (Å²) in [5, 5.41) is 4.00. The first-order valence-electron chi connectivity index (χ1n) is 10.9. The summed E-state index contributed by atoms with van der Waals surface area (Å²) in [5.74, 6) is 0.745. The van der Waals surface area contributed by atoms with Crippen molar-refractivity contribution in [3.05, 3.63) is 65.4 Å². The second kappa shape index (κ2) is 9.26. The molecule has 1 aromatic heterocycles. The van der Waals surface area contributed by atoms with Crippen molar-refractivity contribution in [2.45, 2.75) is 39.7 Å². The van der Waals surface area contributed by atoms with Crippen LogP contribution in [0.25, 0.3) is 10.9 Å². The molecule has 0 saturated heterocycles. The maximum atomic E-state index is 13.4. The van der Waals surface area contributed by atoms with Crippen molar-refractivity contribution in [3.8, 4) is 5.75 Å². The highest BCUT2D eigenvalue weighted by Gasteiger charge is 2.25. The zero-order chi connectivity index (χ0) is 20.9. The lowest BCUT2D eigenvalue weighted by atomic mass is 9.95. The number of rotatable bonds is 7. The van der Waals surface area contributed by atoms with Gasteiger partial charge in [-0.25, -0.2) is 0 Å². The number of fused-ring (bicyclic) bond motifs is 2. The fourth-order valence-corrected chi connectivity index (χ4v) is 3.94. The molecule has 0 fully saturated rings. The molecule has 0 unspecified atom stereocenters. The SMILES string of the molecule is CCCCOc1ccc(NC(=O)c2c3c(nc4ccccc24)CCN(CC)C3)cc1. The van der Waals surface area contributed by atoms with Gasteiger partial charge in [-0.1, -0.05) is 38.5 Å². The summed E-state index contributed by atoms with van der Waals surface area (Å²) in [4.78, 5) is 20.6. The average molecular weight is 404 g/mol. The smallest absolute Gasteiger partial charge is 0.256 e. The lowest BCUT2D eigenvalue weighted by Crippen LogP contribution is -2.33. The Morgan fingerprint density at radius 2 is 1.93 bits per heavy atom. The van der Waals surface area contributed by atoms with Crippen LogP contribution >= 0.6 is 0 Å². The van der Waals surface area contributed by atoms with Crippen LogP contribution in [-0.4, -0.2) is 35.5 Å². The molecule has 0 saturated carbocycles. The summed E-state index contributed by atoms with van der Waals surface area (Å²) in [6, 6.07) is 15.5. The van der Waals surface area contributed by atoms with Crippen LogP contribution in [0.2, 0.25) is 0 Å². The molecule has 0 radical (unpaired) electrons. The lowest BCUT2D eigenvalue weighted by molar-refractivity contribution is 0.102. The Labute approximate surface area is 178 Å². The van der Waals surface area contributed by atoms with Crippen LogP contribution in [0.5, 0.6) is 5.75 Å². The Morgan fingerprint density at radius 1 is 1.13 bits per heavy atom. The highest BCUT2D eigenvalue weighted by atomic mass is 16.5. The van der Waals surface area contributed by atoms with Gasteiger partial charge in [0.1, 0.15) is 5.75 Å². The molecule has 1 aliphatic rings. The molecule has 5 heteroatoms. The molecule has 30 heavy (non-hydrogen) atoms. The van der Waals surface area contributed by atoms with E-state index in [1.807, 2.05) is 48.5 Å². The Balaban J connectivity index is 1.63. The molecule has 0 bridgehead atoms. The quantitative estimate of drug-likeness (QED) is 0.561. The zero-order valence-electron chi connectivity index (χ0n) is 17.8. The van der Waals surface area contributed by atoms with Crippen LogP contribution in [0, 0.1) is 0 Å². The van der Waals surface area contributed by atoms with Gasteiger partial charge in [0.25, 0.3) is 5.91 Å². The summed E-state index contributed by atoms with van der Waals surface area (Å²) in [6.07, 6.45) is 3.01. The number of para-hydroxylation sites is 1. The number of hydrogen-bond donors (Lipinski definition) is 1. The predicted octanol–water partition coefficient (Wildman–Crippen LogP) is 5.04. The van der Waals surface area contributed by atoms with Crippen molar-refractivity contribution in [2.24, 2.45) is 0 Å². The number of amides is 1. The molecule has 0 aliphatic carbocycles. The minimum absolute atomic E-state index is 0.0811. The van der Waals surface area contributed by atoms with E-state index in [-0.39, 0.29) is 5.91 Å². The molecular formula is C25H29N3O2. The van der Waals surface area contributed by atoms with Crippen molar-refractivity contribution >= 4 is 22.5 Å². The number of nitrogens with one attached hydrogen (secondary N) is 1.